The van der Waals surface area contributed by atoms with Gasteiger partial charge in [0.1, 0.15) is 0 Å². The van der Waals surface area contributed by atoms with E-state index in [-0.39, 0.29) is 7.43 Å². The SMILES string of the molecule is C.C#Cc1cnn(CC(C)C2CCCC3C4CCC5CC(CC)CCC5C4CCC23C)c1.CC.CC. The van der Waals surface area contributed by atoms with Gasteiger partial charge in [-0.3, -0.25) is 4.68 Å². The van der Waals surface area contributed by atoms with E-state index in [1.165, 1.54) is 57.8 Å². The topological polar surface area (TPSA) is 17.8 Å². The predicted octanol–water partition coefficient (Wildman–Crippen LogP) is 9.87. The number of hydrogen-bond donors (Lipinski definition) is 0. The highest BCUT2D eigenvalue weighted by Gasteiger charge is 2.56. The van der Waals surface area contributed by atoms with Crippen molar-refractivity contribution in [3.05, 3.63) is 18.0 Å². The van der Waals surface area contributed by atoms with Gasteiger partial charge in [0.2, 0.25) is 0 Å². The molecule has 0 amide bonds. The number of fused-ring (bicyclic) bond motifs is 5. The molecular weight excluding hydrogens is 436 g/mol. The maximum atomic E-state index is 5.57. The third-order valence-corrected chi connectivity index (χ3v) is 10.9. The largest absolute Gasteiger partial charge is 0.271 e. The van der Waals surface area contributed by atoms with Crippen molar-refractivity contribution in [2.24, 2.45) is 52.8 Å². The Hall–Kier alpha value is -1.23. The van der Waals surface area contributed by atoms with Gasteiger partial charge in [-0.1, -0.05) is 81.1 Å². The maximum Gasteiger partial charge on any atom is 0.0646 e. The molecule has 0 radical (unpaired) electrons. The summed E-state index contributed by atoms with van der Waals surface area (Å²) in [5, 5.41) is 4.55. The van der Waals surface area contributed by atoms with Crippen LogP contribution in [0.5, 0.6) is 0 Å². The molecule has 206 valence electrons. The van der Waals surface area contributed by atoms with Crippen molar-refractivity contribution in [3.63, 3.8) is 0 Å². The first-order valence-electron chi connectivity index (χ1n) is 15.5. The van der Waals surface area contributed by atoms with Crippen LogP contribution in [-0.4, -0.2) is 9.78 Å². The zero-order valence-electron chi connectivity index (χ0n) is 24.2. The standard InChI is InChI=1S/C29H44N2.2C2H6.CH4/c1-5-21-10-12-24-23(16-21)11-13-26-25(24)14-15-29(4)27(8-7-9-28(26)29)20(3)18-31-19-22(6-2)17-30-31;2*1-2;/h2,17,19-21,23-28H,5,7-16,18H2,1,3-4H3;2*1-2H3;1H4. The summed E-state index contributed by atoms with van der Waals surface area (Å²) >= 11 is 0. The van der Waals surface area contributed by atoms with Gasteiger partial charge in [-0.15, -0.1) is 6.42 Å². The minimum atomic E-state index is 0. The molecule has 5 rings (SSSR count). The monoisotopic (exact) mass is 496 g/mol. The fraction of sp³-hybridized carbons (Fsp3) is 0.853. The van der Waals surface area contributed by atoms with Crippen LogP contribution < -0.4 is 0 Å². The second-order valence-electron chi connectivity index (χ2n) is 12.2. The highest BCUT2D eigenvalue weighted by atomic mass is 15.3. The molecule has 2 heteroatoms. The summed E-state index contributed by atoms with van der Waals surface area (Å²) < 4.78 is 2.11. The van der Waals surface area contributed by atoms with E-state index in [4.69, 9.17) is 6.42 Å². The third kappa shape index (κ3) is 6.08. The van der Waals surface area contributed by atoms with Crippen molar-refractivity contribution in [2.75, 3.05) is 0 Å². The smallest absolute Gasteiger partial charge is 0.0646 e. The van der Waals surface area contributed by atoms with Crippen LogP contribution in [-0.2, 0) is 6.54 Å². The quantitative estimate of drug-likeness (QED) is 0.379. The number of aromatic nitrogens is 2. The molecule has 0 aliphatic heterocycles. The average molecular weight is 497 g/mol. The van der Waals surface area contributed by atoms with E-state index >= 15 is 0 Å². The van der Waals surface area contributed by atoms with Crippen LogP contribution in [0.15, 0.2) is 12.4 Å². The number of terminal acetylenes is 1. The zero-order valence-corrected chi connectivity index (χ0v) is 24.2. The lowest BCUT2D eigenvalue weighted by molar-refractivity contribution is -0.121. The van der Waals surface area contributed by atoms with E-state index in [2.05, 4.69) is 42.7 Å². The first-order chi connectivity index (χ1) is 17.0. The Bertz CT molecular complexity index is 802. The summed E-state index contributed by atoms with van der Waals surface area (Å²) in [5.41, 5.74) is 1.45. The molecular formula is C34H60N2. The minimum absolute atomic E-state index is 0. The van der Waals surface area contributed by atoms with Gasteiger partial charge in [0, 0.05) is 12.7 Å². The molecule has 0 bridgehead atoms. The van der Waals surface area contributed by atoms with E-state index in [9.17, 15) is 0 Å². The Balaban J connectivity index is 0.000000871. The molecule has 1 aromatic heterocycles. The highest BCUT2D eigenvalue weighted by Crippen LogP contribution is 2.64. The van der Waals surface area contributed by atoms with Crippen LogP contribution in [0.25, 0.3) is 0 Å². The molecule has 1 heterocycles. The van der Waals surface area contributed by atoms with Crippen molar-refractivity contribution < 1.29 is 0 Å². The lowest BCUT2D eigenvalue weighted by atomic mass is 9.44. The molecule has 0 N–H and O–H groups in total. The minimum Gasteiger partial charge on any atom is -0.271 e. The Morgan fingerprint density at radius 1 is 1.03 bits per heavy atom. The first kappa shape index (κ1) is 31.0. The number of hydrogen-bond acceptors (Lipinski definition) is 1. The van der Waals surface area contributed by atoms with Gasteiger partial charge >= 0.3 is 0 Å². The second-order valence-corrected chi connectivity index (χ2v) is 12.2. The Morgan fingerprint density at radius 2 is 1.75 bits per heavy atom. The van der Waals surface area contributed by atoms with Gasteiger partial charge in [-0.2, -0.15) is 5.10 Å². The summed E-state index contributed by atoms with van der Waals surface area (Å²) in [7, 11) is 0. The van der Waals surface area contributed by atoms with E-state index in [0.29, 0.717) is 11.3 Å². The van der Waals surface area contributed by atoms with Crippen LogP contribution in [0.3, 0.4) is 0 Å². The van der Waals surface area contributed by atoms with Crippen molar-refractivity contribution in [1.29, 1.82) is 0 Å². The van der Waals surface area contributed by atoms with Gasteiger partial charge in [0.05, 0.1) is 11.8 Å². The molecule has 4 saturated carbocycles. The van der Waals surface area contributed by atoms with Crippen molar-refractivity contribution >= 4 is 0 Å². The van der Waals surface area contributed by atoms with Gasteiger partial charge in [0.25, 0.3) is 0 Å². The molecule has 0 spiro atoms. The summed E-state index contributed by atoms with van der Waals surface area (Å²) in [6, 6.07) is 0. The van der Waals surface area contributed by atoms with E-state index in [1.54, 1.807) is 12.8 Å². The molecule has 4 fully saturated rings. The van der Waals surface area contributed by atoms with Gasteiger partial charge in [-0.25, -0.2) is 0 Å². The van der Waals surface area contributed by atoms with Gasteiger partial charge in [-0.05, 0) is 104 Å². The van der Waals surface area contributed by atoms with Crippen LogP contribution >= 0.6 is 0 Å². The van der Waals surface area contributed by atoms with Gasteiger partial charge in [0.15, 0.2) is 0 Å². The molecule has 4 aliphatic carbocycles. The molecule has 9 unspecified atom stereocenters. The molecule has 9 atom stereocenters. The van der Waals surface area contributed by atoms with Crippen molar-refractivity contribution in [2.45, 2.75) is 133 Å². The fourth-order valence-electron chi connectivity index (χ4n) is 9.46. The average Bonchev–Trinajstić information content (AvgIpc) is 3.37. The number of rotatable bonds is 4. The predicted molar refractivity (Wildman–Crippen MR) is 158 cm³/mol. The Kier molecular flexibility index (Phi) is 12.1. The van der Waals surface area contributed by atoms with Crippen molar-refractivity contribution in [3.8, 4) is 12.3 Å². The second kappa shape index (κ2) is 14.1. The Morgan fingerprint density at radius 3 is 2.42 bits per heavy atom. The van der Waals surface area contributed by atoms with E-state index in [1.807, 2.05) is 33.9 Å². The maximum absolute atomic E-state index is 5.57. The highest BCUT2D eigenvalue weighted by molar-refractivity contribution is 5.26. The first-order valence-corrected chi connectivity index (χ1v) is 15.5. The summed E-state index contributed by atoms with van der Waals surface area (Å²) in [6.07, 6.45) is 25.9. The van der Waals surface area contributed by atoms with E-state index < -0.39 is 0 Å². The van der Waals surface area contributed by atoms with Gasteiger partial charge < -0.3 is 0 Å². The van der Waals surface area contributed by atoms with E-state index in [0.717, 1.165) is 53.5 Å². The van der Waals surface area contributed by atoms with Crippen LogP contribution in [0, 0.1) is 65.1 Å². The van der Waals surface area contributed by atoms with Crippen LogP contribution in [0.4, 0.5) is 0 Å². The number of nitrogens with zero attached hydrogens (tertiary/aromatic N) is 2. The lowest BCUT2D eigenvalue weighted by Crippen LogP contribution is -2.54. The molecule has 4 aliphatic rings. The van der Waals surface area contributed by atoms with Crippen LogP contribution in [0.1, 0.15) is 132 Å². The summed E-state index contributed by atoms with van der Waals surface area (Å²) in [4.78, 5) is 0. The zero-order chi connectivity index (χ0) is 25.6. The summed E-state index contributed by atoms with van der Waals surface area (Å²) in [5.74, 6) is 10.4. The fourth-order valence-corrected chi connectivity index (χ4v) is 9.46. The molecule has 2 nitrogen and oxygen atoms in total. The molecule has 0 saturated heterocycles. The third-order valence-electron chi connectivity index (χ3n) is 10.9. The van der Waals surface area contributed by atoms with Crippen LogP contribution in [0.2, 0.25) is 0 Å². The molecule has 1 aromatic rings. The lowest BCUT2D eigenvalue weighted by Gasteiger charge is -2.61. The molecule has 36 heavy (non-hydrogen) atoms. The molecule has 0 aromatic carbocycles. The Labute approximate surface area is 225 Å². The normalized spacial score (nSPS) is 37.6. The van der Waals surface area contributed by atoms with Crippen molar-refractivity contribution in [1.82, 2.24) is 9.78 Å². The summed E-state index contributed by atoms with van der Waals surface area (Å²) in [6.45, 7) is 16.6.